The lowest BCUT2D eigenvalue weighted by atomic mass is 9.99. The number of nitrogens with two attached hydrogens (primary N) is 2. The van der Waals surface area contributed by atoms with Gasteiger partial charge in [0.15, 0.2) is 0 Å². The Balaban J connectivity index is 2.41. The van der Waals surface area contributed by atoms with Gasteiger partial charge in [-0.2, -0.15) is 0 Å². The van der Waals surface area contributed by atoms with Crippen molar-refractivity contribution in [1.29, 1.82) is 0 Å². The van der Waals surface area contributed by atoms with Gasteiger partial charge in [0.1, 0.15) is 5.75 Å². The van der Waals surface area contributed by atoms with Crippen LogP contribution in [0.3, 0.4) is 0 Å². The Bertz CT molecular complexity index is 312. The molecule has 3 nitrogen and oxygen atoms in total. The molecular formula is C10H14N2O. The van der Waals surface area contributed by atoms with Crippen molar-refractivity contribution in [3.05, 3.63) is 29.3 Å². The summed E-state index contributed by atoms with van der Waals surface area (Å²) in [6.45, 7) is 1.27. The van der Waals surface area contributed by atoms with Crippen LogP contribution in [-0.4, -0.2) is 6.61 Å². The molecule has 13 heavy (non-hydrogen) atoms. The molecule has 1 aromatic carbocycles. The molecule has 0 unspecified atom stereocenters. The van der Waals surface area contributed by atoms with Gasteiger partial charge in [-0.15, -0.1) is 0 Å². The van der Waals surface area contributed by atoms with E-state index in [-0.39, 0.29) is 6.04 Å². The second kappa shape index (κ2) is 3.36. The molecule has 0 fully saturated rings. The highest BCUT2D eigenvalue weighted by atomic mass is 16.5. The molecule has 0 radical (unpaired) electrons. The summed E-state index contributed by atoms with van der Waals surface area (Å²) in [6.07, 6.45) is 0.890. The summed E-state index contributed by atoms with van der Waals surface area (Å²) < 4.78 is 5.47. The van der Waals surface area contributed by atoms with Crippen molar-refractivity contribution in [2.45, 2.75) is 19.0 Å². The topological polar surface area (TPSA) is 61.3 Å². The van der Waals surface area contributed by atoms with E-state index in [4.69, 9.17) is 16.2 Å². The van der Waals surface area contributed by atoms with Crippen LogP contribution < -0.4 is 16.2 Å². The van der Waals surface area contributed by atoms with E-state index in [2.05, 4.69) is 0 Å². The molecule has 4 N–H and O–H groups in total. The Morgan fingerprint density at radius 2 is 2.31 bits per heavy atom. The maximum Gasteiger partial charge on any atom is 0.124 e. The fraction of sp³-hybridized carbons (Fsp3) is 0.400. The lowest BCUT2D eigenvalue weighted by molar-refractivity contribution is 0.269. The van der Waals surface area contributed by atoms with E-state index in [1.165, 1.54) is 0 Å². The summed E-state index contributed by atoms with van der Waals surface area (Å²) in [5.74, 6) is 0.913. The Morgan fingerprint density at radius 1 is 1.46 bits per heavy atom. The summed E-state index contributed by atoms with van der Waals surface area (Å²) >= 11 is 0. The van der Waals surface area contributed by atoms with Crippen LogP contribution in [0, 0.1) is 0 Å². The first-order valence-electron chi connectivity index (χ1n) is 4.52. The van der Waals surface area contributed by atoms with Crippen LogP contribution in [0.5, 0.6) is 5.75 Å². The highest BCUT2D eigenvalue weighted by Crippen LogP contribution is 2.30. The molecule has 0 saturated heterocycles. The number of benzene rings is 1. The Kier molecular flexibility index (Phi) is 2.20. The third-order valence-electron chi connectivity index (χ3n) is 2.40. The smallest absolute Gasteiger partial charge is 0.124 e. The first-order valence-corrected chi connectivity index (χ1v) is 4.52. The standard InChI is InChI=1S/C10H14N2O/c11-6-7-1-2-10-8(5-7)9(12)3-4-13-10/h1-2,5,9H,3-4,6,11-12H2/t9-/m0/s1. The van der Waals surface area contributed by atoms with Crippen LogP contribution in [0.15, 0.2) is 18.2 Å². The quantitative estimate of drug-likeness (QED) is 0.672. The highest BCUT2D eigenvalue weighted by Gasteiger charge is 2.17. The summed E-state index contributed by atoms with van der Waals surface area (Å²) in [5, 5.41) is 0. The zero-order valence-corrected chi connectivity index (χ0v) is 7.49. The molecule has 1 aliphatic heterocycles. The fourth-order valence-electron chi connectivity index (χ4n) is 1.60. The Labute approximate surface area is 77.7 Å². The van der Waals surface area contributed by atoms with Gasteiger partial charge in [0.2, 0.25) is 0 Å². The molecule has 1 atom stereocenters. The number of ether oxygens (including phenoxy) is 1. The van der Waals surface area contributed by atoms with E-state index < -0.39 is 0 Å². The molecule has 0 aliphatic carbocycles. The second-order valence-electron chi connectivity index (χ2n) is 3.32. The first kappa shape index (κ1) is 8.53. The average molecular weight is 178 g/mol. The molecule has 3 heteroatoms. The van der Waals surface area contributed by atoms with Crippen LogP contribution in [0.4, 0.5) is 0 Å². The van der Waals surface area contributed by atoms with E-state index in [9.17, 15) is 0 Å². The van der Waals surface area contributed by atoms with Gasteiger partial charge < -0.3 is 16.2 Å². The lowest BCUT2D eigenvalue weighted by Crippen LogP contribution is -2.20. The van der Waals surface area contributed by atoms with Gasteiger partial charge in [-0.05, 0) is 17.7 Å². The summed E-state index contributed by atoms with van der Waals surface area (Å²) in [5.41, 5.74) is 13.7. The van der Waals surface area contributed by atoms with Crippen LogP contribution in [0.25, 0.3) is 0 Å². The number of fused-ring (bicyclic) bond motifs is 1. The molecule has 70 valence electrons. The molecule has 0 bridgehead atoms. The van der Waals surface area contributed by atoms with Crippen molar-refractivity contribution in [1.82, 2.24) is 0 Å². The summed E-state index contributed by atoms with van der Waals surface area (Å²) in [7, 11) is 0. The molecule has 0 aromatic heterocycles. The number of rotatable bonds is 1. The van der Waals surface area contributed by atoms with E-state index >= 15 is 0 Å². The van der Waals surface area contributed by atoms with Crippen LogP contribution in [0.1, 0.15) is 23.6 Å². The van der Waals surface area contributed by atoms with Crippen molar-refractivity contribution in [2.75, 3.05) is 6.61 Å². The van der Waals surface area contributed by atoms with Crippen LogP contribution in [-0.2, 0) is 6.54 Å². The number of hydrogen-bond donors (Lipinski definition) is 2. The molecule has 1 aromatic rings. The molecule has 1 aliphatic rings. The van der Waals surface area contributed by atoms with Crippen molar-refractivity contribution >= 4 is 0 Å². The highest BCUT2D eigenvalue weighted by molar-refractivity contribution is 5.40. The van der Waals surface area contributed by atoms with Crippen LogP contribution in [0.2, 0.25) is 0 Å². The van der Waals surface area contributed by atoms with Gasteiger partial charge in [0.25, 0.3) is 0 Å². The van der Waals surface area contributed by atoms with Gasteiger partial charge in [0.05, 0.1) is 6.61 Å². The molecular weight excluding hydrogens is 164 g/mol. The SMILES string of the molecule is NCc1ccc2c(c1)[C@@H](N)CCO2. The minimum absolute atomic E-state index is 0.107. The molecule has 0 saturated carbocycles. The van der Waals surface area contributed by atoms with Gasteiger partial charge in [-0.3, -0.25) is 0 Å². The zero-order valence-electron chi connectivity index (χ0n) is 7.49. The molecule has 0 spiro atoms. The molecule has 2 rings (SSSR count). The average Bonchev–Trinajstić information content (AvgIpc) is 2.18. The predicted octanol–water partition coefficient (Wildman–Crippen LogP) is 0.928. The number of hydrogen-bond acceptors (Lipinski definition) is 3. The summed E-state index contributed by atoms with van der Waals surface area (Å²) in [6, 6.07) is 6.09. The van der Waals surface area contributed by atoms with Crippen molar-refractivity contribution in [3.8, 4) is 5.75 Å². The Morgan fingerprint density at radius 3 is 3.08 bits per heavy atom. The first-order chi connectivity index (χ1) is 6.31. The monoisotopic (exact) mass is 178 g/mol. The van der Waals surface area contributed by atoms with Gasteiger partial charge in [-0.1, -0.05) is 6.07 Å². The Hall–Kier alpha value is -1.06. The lowest BCUT2D eigenvalue weighted by Gasteiger charge is -2.23. The maximum absolute atomic E-state index is 5.95. The second-order valence-corrected chi connectivity index (χ2v) is 3.32. The normalized spacial score (nSPS) is 20.6. The summed E-state index contributed by atoms with van der Waals surface area (Å²) in [4.78, 5) is 0. The van der Waals surface area contributed by atoms with Gasteiger partial charge in [-0.25, -0.2) is 0 Å². The predicted molar refractivity (Wildman–Crippen MR) is 51.4 cm³/mol. The zero-order chi connectivity index (χ0) is 9.26. The van der Waals surface area contributed by atoms with Crippen LogP contribution >= 0.6 is 0 Å². The third-order valence-corrected chi connectivity index (χ3v) is 2.40. The van der Waals surface area contributed by atoms with E-state index in [1.807, 2.05) is 18.2 Å². The largest absolute Gasteiger partial charge is 0.493 e. The van der Waals surface area contributed by atoms with E-state index in [0.717, 1.165) is 29.9 Å². The molecule has 0 amide bonds. The van der Waals surface area contributed by atoms with Crippen molar-refractivity contribution < 1.29 is 4.74 Å². The van der Waals surface area contributed by atoms with E-state index in [0.29, 0.717) is 6.54 Å². The van der Waals surface area contributed by atoms with Crippen molar-refractivity contribution in [3.63, 3.8) is 0 Å². The third kappa shape index (κ3) is 1.53. The fourth-order valence-corrected chi connectivity index (χ4v) is 1.60. The van der Waals surface area contributed by atoms with Gasteiger partial charge in [0, 0.05) is 24.6 Å². The van der Waals surface area contributed by atoms with E-state index in [1.54, 1.807) is 0 Å². The van der Waals surface area contributed by atoms with Gasteiger partial charge >= 0.3 is 0 Å². The maximum atomic E-state index is 5.95. The van der Waals surface area contributed by atoms with Crippen molar-refractivity contribution in [2.24, 2.45) is 11.5 Å². The molecule has 1 heterocycles. The minimum Gasteiger partial charge on any atom is -0.493 e. The minimum atomic E-state index is 0.107.